The van der Waals surface area contributed by atoms with Gasteiger partial charge < -0.3 is 15.4 Å². The number of nitrogens with one attached hydrogen (secondary N) is 2. The lowest BCUT2D eigenvalue weighted by atomic mass is 10.0. The van der Waals surface area contributed by atoms with Gasteiger partial charge in [-0.25, -0.2) is 4.79 Å². The third-order valence-electron chi connectivity index (χ3n) is 5.21. The van der Waals surface area contributed by atoms with Gasteiger partial charge in [0.05, 0.1) is 17.6 Å². The van der Waals surface area contributed by atoms with Crippen LogP contribution in [0.4, 0.5) is 5.69 Å². The number of ether oxygens (including phenoxy) is 1. The van der Waals surface area contributed by atoms with Gasteiger partial charge in [-0.1, -0.05) is 12.1 Å². The Morgan fingerprint density at radius 3 is 2.63 bits per heavy atom. The summed E-state index contributed by atoms with van der Waals surface area (Å²) in [4.78, 5) is 36.4. The van der Waals surface area contributed by atoms with Crippen LogP contribution in [-0.4, -0.2) is 34.1 Å². The quantitative estimate of drug-likeness (QED) is 0.584. The molecule has 2 amide bonds. The molecule has 1 aliphatic rings. The summed E-state index contributed by atoms with van der Waals surface area (Å²) < 4.78 is 8.86. The highest BCUT2D eigenvalue weighted by molar-refractivity contribution is 5.94. The van der Waals surface area contributed by atoms with Crippen molar-refractivity contribution in [3.8, 4) is 5.75 Å². The van der Waals surface area contributed by atoms with Gasteiger partial charge in [0.2, 0.25) is 11.8 Å². The zero-order chi connectivity index (χ0) is 21.1. The van der Waals surface area contributed by atoms with Crippen LogP contribution < -0.4 is 21.1 Å². The fourth-order valence-corrected chi connectivity index (χ4v) is 3.74. The lowest BCUT2D eigenvalue weighted by Gasteiger charge is -2.17. The van der Waals surface area contributed by atoms with Crippen molar-refractivity contribution in [1.82, 2.24) is 14.5 Å². The highest BCUT2D eigenvalue weighted by atomic mass is 16.5. The van der Waals surface area contributed by atoms with Gasteiger partial charge in [-0.3, -0.25) is 18.7 Å². The van der Waals surface area contributed by atoms with E-state index in [4.69, 9.17) is 4.74 Å². The van der Waals surface area contributed by atoms with Crippen molar-refractivity contribution in [2.75, 3.05) is 18.5 Å². The van der Waals surface area contributed by atoms with E-state index in [0.717, 1.165) is 22.3 Å². The predicted octanol–water partition coefficient (Wildman–Crippen LogP) is 1.90. The number of amides is 2. The first-order valence-corrected chi connectivity index (χ1v) is 10.1. The van der Waals surface area contributed by atoms with Gasteiger partial charge >= 0.3 is 5.69 Å². The second-order valence-corrected chi connectivity index (χ2v) is 7.17. The van der Waals surface area contributed by atoms with E-state index in [-0.39, 0.29) is 24.0 Å². The Bertz CT molecular complexity index is 1160. The second kappa shape index (κ2) is 8.44. The van der Waals surface area contributed by atoms with Crippen LogP contribution in [0.2, 0.25) is 0 Å². The van der Waals surface area contributed by atoms with Crippen LogP contribution in [0.3, 0.4) is 0 Å². The summed E-state index contributed by atoms with van der Waals surface area (Å²) in [6.07, 6.45) is 1.16. The van der Waals surface area contributed by atoms with Crippen LogP contribution in [0.15, 0.2) is 47.3 Å². The largest absolute Gasteiger partial charge is 0.492 e. The number of anilines is 1. The molecule has 0 aliphatic carbocycles. The lowest BCUT2D eigenvalue weighted by Crippen LogP contribution is -2.35. The molecule has 4 rings (SSSR count). The first-order chi connectivity index (χ1) is 14.6. The highest BCUT2D eigenvalue weighted by Crippen LogP contribution is 2.26. The number of hydrogen-bond acceptors (Lipinski definition) is 4. The predicted molar refractivity (Wildman–Crippen MR) is 114 cm³/mol. The molecule has 2 N–H and O–H groups in total. The number of rotatable bonds is 7. The van der Waals surface area contributed by atoms with Gasteiger partial charge in [-0.05, 0) is 49.2 Å². The maximum atomic E-state index is 12.6. The van der Waals surface area contributed by atoms with E-state index in [2.05, 4.69) is 10.6 Å². The summed E-state index contributed by atoms with van der Waals surface area (Å²) in [5.41, 5.74) is 3.25. The minimum Gasteiger partial charge on any atom is -0.492 e. The van der Waals surface area contributed by atoms with E-state index < -0.39 is 0 Å². The Kier molecular flexibility index (Phi) is 5.56. The minimum atomic E-state index is -0.243. The summed E-state index contributed by atoms with van der Waals surface area (Å²) >= 11 is 0. The van der Waals surface area contributed by atoms with E-state index in [1.54, 1.807) is 10.6 Å². The molecule has 0 spiro atoms. The Morgan fingerprint density at radius 1 is 1.10 bits per heavy atom. The van der Waals surface area contributed by atoms with Crippen LogP contribution in [0.5, 0.6) is 5.75 Å². The highest BCUT2D eigenvalue weighted by Gasteiger charge is 2.16. The molecule has 0 unspecified atom stereocenters. The third kappa shape index (κ3) is 3.94. The second-order valence-electron chi connectivity index (χ2n) is 7.17. The molecule has 0 atom stereocenters. The Morgan fingerprint density at radius 2 is 1.87 bits per heavy atom. The third-order valence-corrected chi connectivity index (χ3v) is 5.21. The Balaban J connectivity index is 1.32. The van der Waals surface area contributed by atoms with Crippen molar-refractivity contribution < 1.29 is 14.3 Å². The molecule has 30 heavy (non-hydrogen) atoms. The van der Waals surface area contributed by atoms with Crippen LogP contribution in [0.1, 0.15) is 18.9 Å². The van der Waals surface area contributed by atoms with E-state index in [1.807, 2.05) is 43.3 Å². The molecule has 0 bridgehead atoms. The van der Waals surface area contributed by atoms with Gasteiger partial charge in [0.25, 0.3) is 0 Å². The maximum Gasteiger partial charge on any atom is 0.329 e. The first-order valence-electron chi connectivity index (χ1n) is 10.1. The molecular weight excluding hydrogens is 384 g/mol. The zero-order valence-corrected chi connectivity index (χ0v) is 16.8. The number of para-hydroxylation sites is 2. The van der Waals surface area contributed by atoms with E-state index in [0.29, 0.717) is 38.3 Å². The van der Waals surface area contributed by atoms with E-state index >= 15 is 0 Å². The smallest absolute Gasteiger partial charge is 0.329 e. The molecule has 3 aromatic rings. The van der Waals surface area contributed by atoms with Crippen molar-refractivity contribution in [2.45, 2.75) is 32.9 Å². The zero-order valence-electron chi connectivity index (χ0n) is 16.8. The van der Waals surface area contributed by atoms with Crippen LogP contribution >= 0.6 is 0 Å². The summed E-state index contributed by atoms with van der Waals surface area (Å²) in [5.74, 6) is 0.481. The van der Waals surface area contributed by atoms with Gasteiger partial charge in [0, 0.05) is 18.7 Å². The van der Waals surface area contributed by atoms with Gasteiger partial charge in [0.15, 0.2) is 0 Å². The molecule has 1 aliphatic heterocycles. The summed E-state index contributed by atoms with van der Waals surface area (Å²) in [6.45, 7) is 3.05. The number of aryl methyl sites for hydroxylation is 2. The van der Waals surface area contributed by atoms with Gasteiger partial charge in [-0.15, -0.1) is 0 Å². The summed E-state index contributed by atoms with van der Waals surface area (Å²) in [7, 11) is 0. The monoisotopic (exact) mass is 408 g/mol. The van der Waals surface area contributed by atoms with E-state index in [9.17, 15) is 14.4 Å². The number of aromatic nitrogens is 2. The molecule has 156 valence electrons. The summed E-state index contributed by atoms with van der Waals surface area (Å²) in [6, 6.07) is 13.0. The van der Waals surface area contributed by atoms with Crippen molar-refractivity contribution in [3.63, 3.8) is 0 Å². The number of benzene rings is 2. The van der Waals surface area contributed by atoms with Crippen LogP contribution in [-0.2, 0) is 29.1 Å². The first kappa shape index (κ1) is 19.8. The van der Waals surface area contributed by atoms with Gasteiger partial charge in [-0.2, -0.15) is 0 Å². The Hall–Kier alpha value is -3.55. The molecule has 8 heteroatoms. The fraction of sp³-hybridized carbons (Fsp3) is 0.318. The molecule has 0 fully saturated rings. The van der Waals surface area contributed by atoms with Crippen molar-refractivity contribution >= 4 is 28.5 Å². The Labute approximate surface area is 173 Å². The van der Waals surface area contributed by atoms with Gasteiger partial charge in [0.1, 0.15) is 18.9 Å². The molecule has 2 aromatic carbocycles. The molecule has 2 heterocycles. The lowest BCUT2D eigenvalue weighted by molar-refractivity contribution is -0.121. The van der Waals surface area contributed by atoms with Crippen LogP contribution in [0, 0.1) is 0 Å². The summed E-state index contributed by atoms with van der Waals surface area (Å²) in [5, 5.41) is 5.63. The normalized spacial score (nSPS) is 13.0. The molecule has 0 radical (unpaired) electrons. The number of carbonyl (C=O) groups excluding carboxylic acids is 2. The standard InChI is InChI=1S/C22H24N4O4/c1-2-25-18-5-3-4-6-19(18)26(22(25)29)14-21(28)23-11-12-30-16-8-9-17-15(13-16)7-10-20(27)24-17/h3-6,8-9,13H,2,7,10-12,14H2,1H3,(H,23,28)(H,24,27). The molecule has 0 saturated carbocycles. The molecule has 0 saturated heterocycles. The molecular formula is C22H24N4O4. The number of imidazole rings is 1. The molecule has 1 aromatic heterocycles. The van der Waals surface area contributed by atoms with E-state index in [1.165, 1.54) is 4.57 Å². The van der Waals surface area contributed by atoms with Crippen molar-refractivity contribution in [3.05, 3.63) is 58.5 Å². The topological polar surface area (TPSA) is 94.4 Å². The van der Waals surface area contributed by atoms with Crippen molar-refractivity contribution in [1.29, 1.82) is 0 Å². The minimum absolute atomic E-state index is 0.0278. The number of hydrogen-bond donors (Lipinski definition) is 2. The average Bonchev–Trinajstić information content (AvgIpc) is 3.02. The average molecular weight is 408 g/mol. The number of fused-ring (bicyclic) bond motifs is 2. The van der Waals surface area contributed by atoms with Crippen molar-refractivity contribution in [2.24, 2.45) is 0 Å². The van der Waals surface area contributed by atoms with Crippen LogP contribution in [0.25, 0.3) is 11.0 Å². The molecule has 8 nitrogen and oxygen atoms in total. The fourth-order valence-electron chi connectivity index (χ4n) is 3.74. The SMILES string of the molecule is CCn1c(=O)n(CC(=O)NCCOc2ccc3c(c2)CCC(=O)N3)c2ccccc21. The number of carbonyl (C=O) groups is 2. The number of nitrogens with zero attached hydrogens (tertiary/aromatic N) is 2. The maximum absolute atomic E-state index is 12.6.